The molecule has 3 rings (SSSR count). The molecular formula is C16H25ClN6OS. The van der Waals surface area contributed by atoms with E-state index in [0.29, 0.717) is 11.9 Å². The lowest BCUT2D eigenvalue weighted by atomic mass is 9.91. The minimum absolute atomic E-state index is 0.123. The zero-order valence-corrected chi connectivity index (χ0v) is 16.7. The largest absolute Gasteiger partial charge is 0.368 e. The number of amides is 1. The Bertz CT molecular complexity index is 677. The highest BCUT2D eigenvalue weighted by Gasteiger charge is 2.59. The fraction of sp³-hybridized carbons (Fsp3) is 0.750. The molecule has 1 spiro atoms. The SMILES string of the molecule is CN(C)c1nc(Cl)nc(N2C(C(N)=O)C(C)(C)SC23CCCCC3)n1. The molecule has 1 saturated carbocycles. The molecule has 9 heteroatoms. The first kappa shape index (κ1) is 18.5. The second-order valence-corrected chi connectivity index (χ2v) is 9.84. The minimum atomic E-state index is -0.496. The van der Waals surface area contributed by atoms with Crippen molar-refractivity contribution in [2.24, 2.45) is 5.73 Å². The summed E-state index contributed by atoms with van der Waals surface area (Å²) in [6.07, 6.45) is 5.39. The van der Waals surface area contributed by atoms with Gasteiger partial charge in [-0.25, -0.2) is 0 Å². The summed E-state index contributed by atoms with van der Waals surface area (Å²) in [5, 5.41) is 0.123. The zero-order valence-electron chi connectivity index (χ0n) is 15.1. The van der Waals surface area contributed by atoms with E-state index in [4.69, 9.17) is 17.3 Å². The third-order valence-electron chi connectivity index (χ3n) is 4.91. The predicted molar refractivity (Wildman–Crippen MR) is 102 cm³/mol. The highest BCUT2D eigenvalue weighted by molar-refractivity contribution is 8.02. The van der Waals surface area contributed by atoms with Crippen molar-refractivity contribution < 1.29 is 4.79 Å². The Morgan fingerprint density at radius 3 is 2.44 bits per heavy atom. The Morgan fingerprint density at radius 2 is 1.88 bits per heavy atom. The number of nitrogens with zero attached hydrogens (tertiary/aromatic N) is 5. The summed E-state index contributed by atoms with van der Waals surface area (Å²) >= 11 is 7.98. The van der Waals surface area contributed by atoms with Gasteiger partial charge in [0.05, 0.1) is 4.87 Å². The van der Waals surface area contributed by atoms with Gasteiger partial charge in [0.15, 0.2) is 0 Å². The monoisotopic (exact) mass is 384 g/mol. The Morgan fingerprint density at radius 1 is 1.24 bits per heavy atom. The van der Waals surface area contributed by atoms with Crippen LogP contribution in [0.1, 0.15) is 46.0 Å². The Kier molecular flexibility index (Phi) is 4.79. The number of aromatic nitrogens is 3. The number of thioether (sulfide) groups is 1. The van der Waals surface area contributed by atoms with Gasteiger partial charge in [-0.05, 0) is 38.3 Å². The summed E-state index contributed by atoms with van der Waals surface area (Å²) in [5.41, 5.74) is 5.82. The summed E-state index contributed by atoms with van der Waals surface area (Å²) in [7, 11) is 3.69. The minimum Gasteiger partial charge on any atom is -0.368 e. The van der Waals surface area contributed by atoms with Crippen molar-refractivity contribution in [3.8, 4) is 0 Å². The number of anilines is 2. The zero-order chi connectivity index (χ0) is 18.4. The molecule has 0 bridgehead atoms. The lowest BCUT2D eigenvalue weighted by Crippen LogP contribution is -2.55. The molecule has 1 aromatic rings. The second-order valence-electron chi connectivity index (χ2n) is 7.49. The lowest BCUT2D eigenvalue weighted by Gasteiger charge is -2.42. The molecule has 1 amide bonds. The van der Waals surface area contributed by atoms with Crippen LogP contribution in [-0.4, -0.2) is 50.6 Å². The number of hydrogen-bond donors (Lipinski definition) is 1. The third-order valence-corrected chi connectivity index (χ3v) is 6.82. The Hall–Kier alpha value is -1.28. The van der Waals surface area contributed by atoms with E-state index in [1.54, 1.807) is 4.90 Å². The number of nitrogens with two attached hydrogens (primary N) is 1. The number of rotatable bonds is 3. The van der Waals surface area contributed by atoms with Gasteiger partial charge in [-0.15, -0.1) is 11.8 Å². The first-order chi connectivity index (χ1) is 11.7. The Balaban J connectivity index is 2.15. The number of carbonyl (C=O) groups is 1. The molecule has 2 fully saturated rings. The molecule has 1 aliphatic heterocycles. The lowest BCUT2D eigenvalue weighted by molar-refractivity contribution is -0.119. The van der Waals surface area contributed by atoms with Crippen molar-refractivity contribution in [3.05, 3.63) is 5.28 Å². The van der Waals surface area contributed by atoms with E-state index in [1.807, 2.05) is 30.8 Å². The smallest absolute Gasteiger partial charge is 0.241 e. The third kappa shape index (κ3) is 3.26. The first-order valence-electron chi connectivity index (χ1n) is 8.54. The number of primary amides is 1. The molecule has 1 aromatic heterocycles. The molecule has 138 valence electrons. The van der Waals surface area contributed by atoms with E-state index in [2.05, 4.69) is 28.8 Å². The fourth-order valence-corrected chi connectivity index (χ4v) is 6.23. The second kappa shape index (κ2) is 6.46. The van der Waals surface area contributed by atoms with Crippen LogP contribution in [0, 0.1) is 0 Å². The molecule has 2 N–H and O–H groups in total. The van der Waals surface area contributed by atoms with Crippen molar-refractivity contribution in [2.75, 3.05) is 23.9 Å². The number of carbonyl (C=O) groups excluding carboxylic acids is 1. The van der Waals surface area contributed by atoms with Crippen LogP contribution < -0.4 is 15.5 Å². The summed E-state index contributed by atoms with van der Waals surface area (Å²) in [6, 6.07) is -0.496. The van der Waals surface area contributed by atoms with Gasteiger partial charge in [-0.3, -0.25) is 4.79 Å². The molecule has 0 aromatic carbocycles. The maximum Gasteiger partial charge on any atom is 0.241 e. The summed E-state index contributed by atoms with van der Waals surface area (Å²) in [4.78, 5) is 29.1. The molecule has 1 atom stereocenters. The van der Waals surface area contributed by atoms with Crippen molar-refractivity contribution >= 4 is 41.2 Å². The normalized spacial score (nSPS) is 24.5. The Labute approximate surface area is 157 Å². The van der Waals surface area contributed by atoms with Gasteiger partial charge in [0.25, 0.3) is 0 Å². The molecule has 0 radical (unpaired) electrons. The summed E-state index contributed by atoms with van der Waals surface area (Å²) < 4.78 is -0.333. The van der Waals surface area contributed by atoms with Gasteiger partial charge < -0.3 is 15.5 Å². The predicted octanol–water partition coefficient (Wildman–Crippen LogP) is 2.44. The van der Waals surface area contributed by atoms with Crippen LogP contribution in [0.25, 0.3) is 0 Å². The maximum absolute atomic E-state index is 12.4. The number of hydrogen-bond acceptors (Lipinski definition) is 7. The highest BCUT2D eigenvalue weighted by atomic mass is 35.5. The molecule has 2 heterocycles. The summed E-state index contributed by atoms with van der Waals surface area (Å²) in [6.45, 7) is 4.14. The van der Waals surface area contributed by atoms with Crippen molar-refractivity contribution in [1.29, 1.82) is 0 Å². The van der Waals surface area contributed by atoms with E-state index < -0.39 is 6.04 Å². The molecular weight excluding hydrogens is 360 g/mol. The maximum atomic E-state index is 12.4. The van der Waals surface area contributed by atoms with Crippen LogP contribution in [0.5, 0.6) is 0 Å². The molecule has 7 nitrogen and oxygen atoms in total. The fourth-order valence-electron chi connectivity index (χ4n) is 3.99. The molecule has 1 unspecified atom stereocenters. The van der Waals surface area contributed by atoms with Crippen LogP contribution in [0.4, 0.5) is 11.9 Å². The standard InChI is InChI=1S/C16H25ClN6OS/c1-15(2)10(11(18)24)23(16(25-15)8-6-5-7-9-16)14-20-12(17)19-13(21-14)22(3)4/h10H,5-9H2,1-4H3,(H2,18,24). The molecule has 2 aliphatic rings. The van der Waals surface area contributed by atoms with Gasteiger partial charge in [-0.2, -0.15) is 15.0 Å². The average Bonchev–Trinajstić information content (AvgIpc) is 2.74. The molecule has 1 aliphatic carbocycles. The van der Waals surface area contributed by atoms with Crippen LogP contribution >= 0.6 is 23.4 Å². The number of halogens is 1. The van der Waals surface area contributed by atoms with E-state index in [1.165, 1.54) is 6.42 Å². The topological polar surface area (TPSA) is 88.2 Å². The van der Waals surface area contributed by atoms with E-state index >= 15 is 0 Å². The highest BCUT2D eigenvalue weighted by Crippen LogP contribution is 2.57. The molecule has 1 saturated heterocycles. The van der Waals surface area contributed by atoms with Crippen molar-refractivity contribution in [3.63, 3.8) is 0 Å². The quantitative estimate of drug-likeness (QED) is 0.855. The average molecular weight is 385 g/mol. The van der Waals surface area contributed by atoms with Crippen LogP contribution in [-0.2, 0) is 4.79 Å². The summed E-state index contributed by atoms with van der Waals surface area (Å²) in [5.74, 6) is 0.550. The van der Waals surface area contributed by atoms with E-state index in [9.17, 15) is 4.79 Å². The van der Waals surface area contributed by atoms with Crippen LogP contribution in [0.2, 0.25) is 5.28 Å². The van der Waals surface area contributed by atoms with Crippen LogP contribution in [0.15, 0.2) is 0 Å². The molecule has 25 heavy (non-hydrogen) atoms. The van der Waals surface area contributed by atoms with E-state index in [-0.39, 0.29) is 20.8 Å². The van der Waals surface area contributed by atoms with Crippen molar-refractivity contribution in [2.45, 2.75) is 61.6 Å². The van der Waals surface area contributed by atoms with Gasteiger partial charge in [0.1, 0.15) is 6.04 Å². The van der Waals surface area contributed by atoms with Gasteiger partial charge >= 0.3 is 0 Å². The first-order valence-corrected chi connectivity index (χ1v) is 9.73. The van der Waals surface area contributed by atoms with Gasteiger partial charge in [0.2, 0.25) is 23.1 Å². The van der Waals surface area contributed by atoms with Gasteiger partial charge in [-0.1, -0.05) is 19.3 Å². The van der Waals surface area contributed by atoms with E-state index in [0.717, 1.165) is 25.7 Å². The van der Waals surface area contributed by atoms with Crippen molar-refractivity contribution in [1.82, 2.24) is 15.0 Å². The van der Waals surface area contributed by atoms with Crippen LogP contribution in [0.3, 0.4) is 0 Å². The van der Waals surface area contributed by atoms with Gasteiger partial charge in [0, 0.05) is 18.8 Å².